The van der Waals surface area contributed by atoms with Crippen LogP contribution >= 0.6 is 31.9 Å². The van der Waals surface area contributed by atoms with E-state index in [0.29, 0.717) is 12.4 Å². The zero-order valence-corrected chi connectivity index (χ0v) is 16.0. The molecule has 1 aromatic rings. The predicted molar refractivity (Wildman–Crippen MR) is 90.2 cm³/mol. The Labute approximate surface area is 137 Å². The van der Waals surface area contributed by atoms with Crippen LogP contribution in [0.2, 0.25) is 25.7 Å². The summed E-state index contributed by atoms with van der Waals surface area (Å²) in [5.41, 5.74) is 1.79. The van der Waals surface area contributed by atoms with E-state index in [1.165, 1.54) is 0 Å². The lowest BCUT2D eigenvalue weighted by Gasteiger charge is -2.17. The Bertz CT molecular complexity index is 530. The van der Waals surface area contributed by atoms with Gasteiger partial charge in [-0.1, -0.05) is 51.5 Å². The van der Waals surface area contributed by atoms with Gasteiger partial charge < -0.3 is 10.1 Å². The number of ether oxygens (including phenoxy) is 1. The van der Waals surface area contributed by atoms with Crippen molar-refractivity contribution in [1.82, 2.24) is 4.98 Å². The first kappa shape index (κ1) is 16.1. The lowest BCUT2D eigenvalue weighted by atomic mass is 10.1. The molecule has 0 radical (unpaired) electrons. The minimum absolute atomic E-state index is 0.158. The van der Waals surface area contributed by atoms with Gasteiger partial charge in [0.25, 0.3) is 5.91 Å². The zero-order chi connectivity index (χ0) is 15.0. The number of pyridine rings is 1. The second-order valence-corrected chi connectivity index (χ2v) is 15.1. The van der Waals surface area contributed by atoms with Crippen LogP contribution in [0.5, 0.6) is 0 Å². The number of carbonyl (C=O) groups is 1. The average molecular weight is 422 g/mol. The number of fused-ring (bicyclic) bond motifs is 1. The number of amides is 1. The van der Waals surface area contributed by atoms with Gasteiger partial charge in [-0.3, -0.25) is 4.79 Å². The molecule has 110 valence electrons. The highest BCUT2D eigenvalue weighted by Crippen LogP contribution is 2.48. The van der Waals surface area contributed by atoms with Gasteiger partial charge in [-0.25, -0.2) is 4.98 Å². The third kappa shape index (κ3) is 3.50. The summed E-state index contributed by atoms with van der Waals surface area (Å²) in [6, 6.07) is 3.02. The molecule has 7 heteroatoms. The zero-order valence-electron chi connectivity index (χ0n) is 11.8. The van der Waals surface area contributed by atoms with Gasteiger partial charge in [0.2, 0.25) is 0 Å². The molecule has 0 fully saturated rings. The number of halogens is 2. The number of nitrogens with zero attached hydrogens (tertiary/aromatic N) is 1. The van der Waals surface area contributed by atoms with Crippen molar-refractivity contribution in [3.8, 4) is 0 Å². The van der Waals surface area contributed by atoms with E-state index < -0.39 is 11.3 Å². The van der Waals surface area contributed by atoms with Crippen LogP contribution < -0.4 is 5.32 Å². The Morgan fingerprint density at radius 3 is 2.75 bits per heavy atom. The predicted octanol–water partition coefficient (Wildman–Crippen LogP) is 3.83. The normalized spacial score (nSPS) is 16.9. The smallest absolute Gasteiger partial charge is 0.258 e. The fourth-order valence-electron chi connectivity index (χ4n) is 1.93. The van der Waals surface area contributed by atoms with E-state index in [2.05, 4.69) is 61.8 Å². The van der Waals surface area contributed by atoms with Crippen molar-refractivity contribution in [2.75, 3.05) is 11.9 Å². The first-order valence-electron chi connectivity index (χ1n) is 6.47. The Kier molecular flexibility index (Phi) is 4.73. The molecule has 0 aromatic carbocycles. The van der Waals surface area contributed by atoms with E-state index >= 15 is 0 Å². The maximum Gasteiger partial charge on any atom is 0.258 e. The van der Waals surface area contributed by atoms with Crippen molar-refractivity contribution in [3.63, 3.8) is 0 Å². The number of rotatable bonds is 5. The summed E-state index contributed by atoms with van der Waals surface area (Å²) in [5.74, 6) is 0.435. The minimum atomic E-state index is -1.08. The summed E-state index contributed by atoms with van der Waals surface area (Å²) in [6.07, 6.45) is 1.69. The lowest BCUT2D eigenvalue weighted by molar-refractivity contribution is -0.115. The molecule has 0 atom stereocenters. The first-order chi connectivity index (χ1) is 9.22. The van der Waals surface area contributed by atoms with Crippen LogP contribution in [-0.2, 0) is 19.4 Å². The largest absolute Gasteiger partial charge is 0.377 e. The van der Waals surface area contributed by atoms with Crippen LogP contribution in [0.4, 0.5) is 5.82 Å². The second kappa shape index (κ2) is 5.86. The molecule has 2 rings (SSSR count). The molecule has 0 saturated carbocycles. The van der Waals surface area contributed by atoms with E-state index in [0.717, 1.165) is 23.8 Å². The lowest BCUT2D eigenvalue weighted by Crippen LogP contribution is -2.22. The number of nitrogens with one attached hydrogen (secondary N) is 1. The number of hydrogen-bond acceptors (Lipinski definition) is 3. The molecule has 0 saturated heterocycles. The van der Waals surface area contributed by atoms with Crippen molar-refractivity contribution < 1.29 is 9.53 Å². The number of carbonyl (C=O) groups excluding carboxylic acids is 1. The van der Waals surface area contributed by atoms with E-state index in [4.69, 9.17) is 4.74 Å². The maximum absolute atomic E-state index is 11.9. The summed E-state index contributed by atoms with van der Waals surface area (Å²) in [6.45, 7) is 8.22. The topological polar surface area (TPSA) is 51.2 Å². The van der Waals surface area contributed by atoms with Crippen molar-refractivity contribution >= 4 is 51.7 Å². The molecule has 0 aliphatic carbocycles. The third-order valence-corrected chi connectivity index (χ3v) is 6.34. The standard InChI is InChI=1S/C13H18Br2N2O2Si/c1-20(2,3)7-6-19-8-9-4-5-16-11-10(9)13(14,15)12(18)17-11/h4-5H,6-8H2,1-3H3,(H,16,17,18). The van der Waals surface area contributed by atoms with Crippen LogP contribution in [0.3, 0.4) is 0 Å². The molecule has 0 spiro atoms. The molecule has 1 amide bonds. The monoisotopic (exact) mass is 420 g/mol. The molecule has 1 aromatic heterocycles. The Morgan fingerprint density at radius 1 is 1.40 bits per heavy atom. The average Bonchev–Trinajstić information content (AvgIpc) is 2.55. The van der Waals surface area contributed by atoms with Gasteiger partial charge in [0, 0.05) is 26.4 Å². The number of aromatic nitrogens is 1. The van der Waals surface area contributed by atoms with Gasteiger partial charge in [0.1, 0.15) is 5.82 Å². The van der Waals surface area contributed by atoms with Crippen LogP contribution in [0.1, 0.15) is 11.1 Å². The van der Waals surface area contributed by atoms with E-state index in [1.807, 2.05) is 6.07 Å². The summed E-state index contributed by atoms with van der Waals surface area (Å²) < 4.78 is 4.87. The minimum Gasteiger partial charge on any atom is -0.377 e. The molecule has 4 nitrogen and oxygen atoms in total. The van der Waals surface area contributed by atoms with Crippen LogP contribution in [-0.4, -0.2) is 25.6 Å². The molecule has 20 heavy (non-hydrogen) atoms. The van der Waals surface area contributed by atoms with Crippen molar-refractivity contribution in [2.45, 2.75) is 35.5 Å². The van der Waals surface area contributed by atoms with Crippen molar-refractivity contribution in [3.05, 3.63) is 23.4 Å². The number of anilines is 1. The van der Waals surface area contributed by atoms with Crippen LogP contribution in [0.15, 0.2) is 12.3 Å². The summed E-state index contributed by atoms with van der Waals surface area (Å²) in [7, 11) is -1.08. The van der Waals surface area contributed by atoms with E-state index in [9.17, 15) is 4.79 Å². The molecule has 0 unspecified atom stereocenters. The molecule has 1 aliphatic heterocycles. The Balaban J connectivity index is 2.08. The molecule has 1 N–H and O–H groups in total. The molecular weight excluding hydrogens is 404 g/mol. The summed E-state index contributed by atoms with van der Waals surface area (Å²) in [5, 5.41) is 2.75. The fraction of sp³-hybridized carbons (Fsp3) is 0.538. The number of alkyl halides is 2. The van der Waals surface area contributed by atoms with Gasteiger partial charge in [0.15, 0.2) is 3.23 Å². The fourth-order valence-corrected chi connectivity index (χ4v) is 3.77. The van der Waals surface area contributed by atoms with Crippen molar-refractivity contribution in [2.24, 2.45) is 0 Å². The Hall–Kier alpha value is -0.243. The van der Waals surface area contributed by atoms with Gasteiger partial charge >= 0.3 is 0 Å². The van der Waals surface area contributed by atoms with E-state index in [-0.39, 0.29) is 5.91 Å². The summed E-state index contributed by atoms with van der Waals surface area (Å²) >= 11 is 6.83. The highest BCUT2D eigenvalue weighted by Gasteiger charge is 2.45. The second-order valence-electron chi connectivity index (χ2n) is 6.09. The van der Waals surface area contributed by atoms with Gasteiger partial charge in [-0.2, -0.15) is 0 Å². The van der Waals surface area contributed by atoms with Crippen molar-refractivity contribution in [1.29, 1.82) is 0 Å². The third-order valence-electron chi connectivity index (χ3n) is 3.12. The molecule has 0 bridgehead atoms. The highest BCUT2D eigenvalue weighted by atomic mass is 79.9. The first-order valence-corrected chi connectivity index (χ1v) is 11.8. The van der Waals surface area contributed by atoms with Gasteiger partial charge in [-0.05, 0) is 17.7 Å². The molecular formula is C13H18Br2N2O2Si. The number of hydrogen-bond donors (Lipinski definition) is 1. The van der Waals surface area contributed by atoms with Crippen LogP contribution in [0, 0.1) is 0 Å². The highest BCUT2D eigenvalue weighted by molar-refractivity contribution is 9.25. The quantitative estimate of drug-likeness (QED) is 0.446. The molecule has 1 aliphatic rings. The summed E-state index contributed by atoms with van der Waals surface area (Å²) in [4.78, 5) is 16.1. The van der Waals surface area contributed by atoms with Crippen LogP contribution in [0.25, 0.3) is 0 Å². The Morgan fingerprint density at radius 2 is 2.10 bits per heavy atom. The van der Waals surface area contributed by atoms with E-state index in [1.54, 1.807) is 6.20 Å². The van der Waals surface area contributed by atoms with Gasteiger partial charge in [-0.15, -0.1) is 0 Å². The SMILES string of the molecule is C[Si](C)(C)CCOCc1ccnc2c1C(Br)(Br)C(=O)N2. The van der Waals surface area contributed by atoms with Gasteiger partial charge in [0.05, 0.1) is 6.61 Å². The maximum atomic E-state index is 11.9. The molecule has 2 heterocycles.